The zero-order valence-electron chi connectivity index (χ0n) is 14.6. The second-order valence-electron chi connectivity index (χ2n) is 7.56. The number of carbonyl (C=O) groups is 2. The van der Waals surface area contributed by atoms with Crippen molar-refractivity contribution in [2.45, 2.75) is 63.6 Å². The zero-order chi connectivity index (χ0) is 18.0. The molecule has 0 aliphatic heterocycles. The van der Waals surface area contributed by atoms with Gasteiger partial charge >= 0.3 is 5.97 Å². The van der Waals surface area contributed by atoms with E-state index in [9.17, 15) is 14.7 Å². The fourth-order valence-electron chi connectivity index (χ4n) is 3.58. The van der Waals surface area contributed by atoms with Gasteiger partial charge in [-0.2, -0.15) is 0 Å². The Morgan fingerprint density at radius 3 is 2.29 bits per heavy atom. The van der Waals surface area contributed by atoms with Crippen molar-refractivity contribution < 1.29 is 19.4 Å². The van der Waals surface area contributed by atoms with E-state index >= 15 is 0 Å². The highest BCUT2D eigenvalue weighted by molar-refractivity contribution is 6.08. The molecule has 0 bridgehead atoms. The van der Waals surface area contributed by atoms with Gasteiger partial charge in [-0.15, -0.1) is 0 Å². The molecule has 0 aromatic heterocycles. The quantitative estimate of drug-likeness (QED) is 0.653. The highest BCUT2D eigenvalue weighted by atomic mass is 16.6. The molecule has 1 amide bonds. The van der Waals surface area contributed by atoms with Crippen molar-refractivity contribution in [2.75, 3.05) is 0 Å². The number of ether oxygens (including phenoxy) is 1. The number of hydrogen-bond donors (Lipinski definition) is 2. The molecular weight excluding hydrogens is 306 g/mol. The fourth-order valence-corrected chi connectivity index (χ4v) is 3.58. The van der Waals surface area contributed by atoms with Crippen LogP contribution in [0.3, 0.4) is 0 Å². The number of esters is 1. The molecule has 3 atom stereocenters. The molecule has 1 aromatic rings. The summed E-state index contributed by atoms with van der Waals surface area (Å²) in [7, 11) is 0. The van der Waals surface area contributed by atoms with Gasteiger partial charge in [-0.25, -0.2) is 0 Å². The third-order valence-electron chi connectivity index (χ3n) is 4.60. The van der Waals surface area contributed by atoms with Crippen molar-refractivity contribution >= 4 is 11.9 Å². The largest absolute Gasteiger partial charge is 0.459 e. The molecule has 3 N–H and O–H groups in total. The minimum absolute atomic E-state index is 0.358. The monoisotopic (exact) mass is 333 g/mol. The average Bonchev–Trinajstić information content (AvgIpc) is 2.47. The summed E-state index contributed by atoms with van der Waals surface area (Å²) in [5, 5.41) is 10.1. The summed E-state index contributed by atoms with van der Waals surface area (Å²) >= 11 is 0. The first-order chi connectivity index (χ1) is 11.2. The number of rotatable bonds is 4. The summed E-state index contributed by atoms with van der Waals surface area (Å²) in [4.78, 5) is 25.7. The smallest absolute Gasteiger partial charge is 0.327 e. The molecule has 1 aromatic carbocycles. The van der Waals surface area contributed by atoms with Crippen molar-refractivity contribution in [3.63, 3.8) is 0 Å². The van der Waals surface area contributed by atoms with Crippen molar-refractivity contribution in [3.05, 3.63) is 35.9 Å². The Morgan fingerprint density at radius 1 is 1.17 bits per heavy atom. The molecule has 1 aliphatic rings. The number of aliphatic hydroxyl groups excluding tert-OH is 1. The lowest BCUT2D eigenvalue weighted by Crippen LogP contribution is -2.56. The molecule has 5 nitrogen and oxygen atoms in total. The van der Waals surface area contributed by atoms with Gasteiger partial charge in [0.1, 0.15) is 5.60 Å². The molecule has 1 aliphatic carbocycles. The van der Waals surface area contributed by atoms with Crippen molar-refractivity contribution in [1.29, 1.82) is 0 Å². The van der Waals surface area contributed by atoms with Crippen LogP contribution in [0.5, 0.6) is 0 Å². The molecule has 5 heteroatoms. The van der Waals surface area contributed by atoms with Gasteiger partial charge < -0.3 is 15.6 Å². The first kappa shape index (κ1) is 18.5. The number of primary amides is 1. The number of nitrogens with two attached hydrogens (primary N) is 1. The van der Waals surface area contributed by atoms with Gasteiger partial charge in [-0.1, -0.05) is 36.8 Å². The topological polar surface area (TPSA) is 89.6 Å². The molecule has 24 heavy (non-hydrogen) atoms. The van der Waals surface area contributed by atoms with Gasteiger partial charge in [-0.05, 0) is 51.5 Å². The molecule has 0 radical (unpaired) electrons. The highest BCUT2D eigenvalue weighted by Gasteiger charge is 2.55. The van der Waals surface area contributed by atoms with Crippen LogP contribution in [0.25, 0.3) is 0 Å². The Morgan fingerprint density at radius 2 is 1.79 bits per heavy atom. The Hall–Kier alpha value is -1.88. The van der Waals surface area contributed by atoms with Gasteiger partial charge in [0.15, 0.2) is 5.41 Å². The molecule has 0 spiro atoms. The van der Waals surface area contributed by atoms with E-state index in [2.05, 4.69) is 0 Å². The van der Waals surface area contributed by atoms with Crippen LogP contribution in [-0.2, 0) is 19.7 Å². The van der Waals surface area contributed by atoms with E-state index in [0.29, 0.717) is 24.8 Å². The number of aliphatic hydroxyl groups is 1. The lowest BCUT2D eigenvalue weighted by Gasteiger charge is -2.41. The number of carbonyl (C=O) groups excluding carboxylic acids is 2. The lowest BCUT2D eigenvalue weighted by molar-refractivity contribution is -0.168. The Kier molecular flexibility index (Phi) is 5.33. The molecule has 132 valence electrons. The third kappa shape index (κ3) is 3.61. The maximum absolute atomic E-state index is 13.1. The summed E-state index contributed by atoms with van der Waals surface area (Å²) < 4.78 is 5.59. The zero-order valence-corrected chi connectivity index (χ0v) is 14.6. The summed E-state index contributed by atoms with van der Waals surface area (Å²) in [6.07, 6.45) is 1.89. The van der Waals surface area contributed by atoms with Crippen LogP contribution < -0.4 is 5.73 Å². The van der Waals surface area contributed by atoms with E-state index in [4.69, 9.17) is 10.5 Å². The van der Waals surface area contributed by atoms with E-state index in [-0.39, 0.29) is 5.92 Å². The summed E-state index contributed by atoms with van der Waals surface area (Å²) in [6.45, 7) is 5.28. The number of benzene rings is 1. The number of hydrogen-bond acceptors (Lipinski definition) is 4. The minimum Gasteiger partial charge on any atom is -0.459 e. The van der Waals surface area contributed by atoms with Crippen LogP contribution >= 0.6 is 0 Å². The maximum atomic E-state index is 13.1. The standard InChI is InChI=1S/C19H27NO4/c1-18(2,3)24-17(23)19(16(20)22,13-8-5-4-6-9-13)14-10-7-11-15(21)12-14/h4-6,8-9,14-15,21H,7,10-12H2,1-3H3,(H2,20,22)/t14-,15+,19-/m1/s1. The van der Waals surface area contributed by atoms with Crippen molar-refractivity contribution in [2.24, 2.45) is 11.7 Å². The lowest BCUT2D eigenvalue weighted by atomic mass is 9.64. The fraction of sp³-hybridized carbons (Fsp3) is 0.579. The van der Waals surface area contributed by atoms with Crippen LogP contribution in [0.15, 0.2) is 30.3 Å². The maximum Gasteiger partial charge on any atom is 0.327 e. The minimum atomic E-state index is -1.57. The van der Waals surface area contributed by atoms with E-state index in [1.807, 2.05) is 6.07 Å². The number of amides is 1. The SMILES string of the molecule is CC(C)(C)OC(=O)[C@](C(N)=O)(c1ccccc1)[C@@H]1CCC[C@H](O)C1. The molecule has 1 saturated carbocycles. The second-order valence-corrected chi connectivity index (χ2v) is 7.56. The molecule has 2 rings (SSSR count). The van der Waals surface area contributed by atoms with Gasteiger partial charge in [0.25, 0.3) is 0 Å². The van der Waals surface area contributed by atoms with Crippen molar-refractivity contribution in [3.8, 4) is 0 Å². The molecule has 0 unspecified atom stereocenters. The van der Waals surface area contributed by atoms with Gasteiger partial charge in [0.05, 0.1) is 6.10 Å². The molecule has 0 saturated heterocycles. The first-order valence-electron chi connectivity index (χ1n) is 8.45. The predicted molar refractivity (Wildman–Crippen MR) is 91.1 cm³/mol. The molecular formula is C19H27NO4. The Bertz CT molecular complexity index is 593. The first-order valence-corrected chi connectivity index (χ1v) is 8.45. The highest BCUT2D eigenvalue weighted by Crippen LogP contribution is 2.43. The predicted octanol–water partition coefficient (Wildman–Crippen LogP) is 2.30. The average molecular weight is 333 g/mol. The van der Waals surface area contributed by atoms with Crippen LogP contribution in [-0.4, -0.2) is 28.7 Å². The van der Waals surface area contributed by atoms with E-state index in [1.54, 1.807) is 45.0 Å². The Labute approximate surface area is 143 Å². The van der Waals surface area contributed by atoms with Crippen LogP contribution in [0.2, 0.25) is 0 Å². The van der Waals surface area contributed by atoms with Crippen LogP contribution in [0.1, 0.15) is 52.0 Å². The summed E-state index contributed by atoms with van der Waals surface area (Å²) in [6, 6.07) is 8.83. The molecule has 1 fully saturated rings. The van der Waals surface area contributed by atoms with Gasteiger partial charge in [0, 0.05) is 0 Å². The second kappa shape index (κ2) is 6.93. The third-order valence-corrected chi connectivity index (χ3v) is 4.60. The Balaban J connectivity index is 2.57. The van der Waals surface area contributed by atoms with E-state index in [0.717, 1.165) is 6.42 Å². The van der Waals surface area contributed by atoms with Crippen LogP contribution in [0.4, 0.5) is 0 Å². The van der Waals surface area contributed by atoms with Crippen LogP contribution in [0, 0.1) is 5.92 Å². The normalized spacial score (nSPS) is 24.0. The van der Waals surface area contributed by atoms with Gasteiger partial charge in [-0.3, -0.25) is 9.59 Å². The van der Waals surface area contributed by atoms with Crippen molar-refractivity contribution in [1.82, 2.24) is 0 Å². The van der Waals surface area contributed by atoms with E-state index in [1.165, 1.54) is 0 Å². The van der Waals surface area contributed by atoms with Gasteiger partial charge in [0.2, 0.25) is 5.91 Å². The summed E-state index contributed by atoms with van der Waals surface area (Å²) in [5.41, 5.74) is 4.00. The van der Waals surface area contributed by atoms with E-state index < -0.39 is 29.0 Å². The summed E-state index contributed by atoms with van der Waals surface area (Å²) in [5.74, 6) is -1.73. The molecule has 0 heterocycles.